The van der Waals surface area contributed by atoms with Crippen LogP contribution in [0, 0.1) is 11.8 Å². The number of thiazole rings is 1. The van der Waals surface area contributed by atoms with Crippen LogP contribution >= 0.6 is 11.3 Å². The van der Waals surface area contributed by atoms with Gasteiger partial charge in [0.25, 0.3) is 0 Å². The van der Waals surface area contributed by atoms with Crippen molar-refractivity contribution in [2.75, 3.05) is 6.54 Å². The Morgan fingerprint density at radius 3 is 2.62 bits per heavy atom. The molecule has 0 radical (unpaired) electrons. The lowest BCUT2D eigenvalue weighted by Crippen LogP contribution is -2.41. The Labute approximate surface area is 134 Å². The highest BCUT2D eigenvalue weighted by Gasteiger charge is 2.30. The Kier molecular flexibility index (Phi) is 5.84. The molecule has 0 aliphatic heterocycles. The first-order chi connectivity index (χ1) is 9.94. The third-order valence-corrected chi connectivity index (χ3v) is 5.76. The molecule has 0 saturated heterocycles. The smallest absolute Gasteiger partial charge is 0.0931 e. The van der Waals surface area contributed by atoms with Gasteiger partial charge in [0.05, 0.1) is 10.7 Å². The molecule has 2 nitrogen and oxygen atoms in total. The second kappa shape index (κ2) is 7.23. The zero-order valence-electron chi connectivity index (χ0n) is 14.4. The molecule has 1 saturated carbocycles. The molecule has 0 amide bonds. The number of hydrogen-bond donors (Lipinski definition) is 1. The number of rotatable bonds is 5. The Morgan fingerprint density at radius 2 is 2.05 bits per heavy atom. The number of hydrogen-bond acceptors (Lipinski definition) is 3. The Hall–Kier alpha value is -0.410. The van der Waals surface area contributed by atoms with E-state index in [1.165, 1.54) is 36.4 Å². The van der Waals surface area contributed by atoms with Crippen LogP contribution in [0.1, 0.15) is 71.0 Å². The fraction of sp³-hybridized carbons (Fsp3) is 0.833. The molecular weight excluding hydrogens is 276 g/mol. The van der Waals surface area contributed by atoms with Crippen LogP contribution < -0.4 is 5.32 Å². The molecule has 2 rings (SSSR count). The van der Waals surface area contributed by atoms with E-state index >= 15 is 0 Å². The van der Waals surface area contributed by atoms with E-state index < -0.39 is 0 Å². The molecule has 1 aromatic heterocycles. The van der Waals surface area contributed by atoms with Gasteiger partial charge < -0.3 is 5.32 Å². The molecule has 3 atom stereocenters. The van der Waals surface area contributed by atoms with E-state index in [4.69, 9.17) is 4.98 Å². The number of nitrogens with one attached hydrogen (secondary N) is 1. The summed E-state index contributed by atoms with van der Waals surface area (Å²) >= 11 is 1.86. The van der Waals surface area contributed by atoms with E-state index in [0.29, 0.717) is 6.04 Å². The van der Waals surface area contributed by atoms with E-state index in [-0.39, 0.29) is 5.41 Å². The lowest BCUT2D eigenvalue weighted by molar-refractivity contribution is 0.199. The molecule has 1 heterocycles. The van der Waals surface area contributed by atoms with Crippen molar-refractivity contribution in [2.24, 2.45) is 11.8 Å². The molecule has 21 heavy (non-hydrogen) atoms. The van der Waals surface area contributed by atoms with Gasteiger partial charge in [-0.15, -0.1) is 11.3 Å². The Morgan fingerprint density at radius 1 is 1.29 bits per heavy atom. The first-order valence-corrected chi connectivity index (χ1v) is 9.50. The van der Waals surface area contributed by atoms with Gasteiger partial charge in [0.1, 0.15) is 0 Å². The summed E-state index contributed by atoms with van der Waals surface area (Å²) in [5.74, 6) is 1.69. The molecule has 1 aromatic rings. The van der Waals surface area contributed by atoms with Crippen molar-refractivity contribution in [3.63, 3.8) is 0 Å². The zero-order valence-corrected chi connectivity index (χ0v) is 15.2. The summed E-state index contributed by atoms with van der Waals surface area (Å²) in [5, 5.41) is 7.31. The predicted octanol–water partition coefficient (Wildman–Crippen LogP) is 4.79. The molecule has 1 aliphatic rings. The van der Waals surface area contributed by atoms with Gasteiger partial charge in [-0.05, 0) is 37.6 Å². The molecule has 1 aliphatic carbocycles. The molecule has 3 unspecified atom stereocenters. The fourth-order valence-corrected chi connectivity index (χ4v) is 4.58. The van der Waals surface area contributed by atoms with Crippen LogP contribution in [0.3, 0.4) is 0 Å². The van der Waals surface area contributed by atoms with E-state index in [9.17, 15) is 0 Å². The second-order valence-electron chi connectivity index (χ2n) is 7.59. The maximum absolute atomic E-state index is 4.91. The van der Waals surface area contributed by atoms with E-state index in [2.05, 4.69) is 45.3 Å². The normalized spacial score (nSPS) is 27.0. The minimum Gasteiger partial charge on any atom is -0.314 e. The van der Waals surface area contributed by atoms with Crippen LogP contribution in [0.15, 0.2) is 5.38 Å². The Bertz CT molecular complexity index is 433. The fourth-order valence-electron chi connectivity index (χ4n) is 3.46. The summed E-state index contributed by atoms with van der Waals surface area (Å²) in [6.45, 7) is 12.4. The summed E-state index contributed by atoms with van der Waals surface area (Å²) in [7, 11) is 0. The van der Waals surface area contributed by atoms with E-state index in [1.807, 2.05) is 11.3 Å². The van der Waals surface area contributed by atoms with Crippen LogP contribution in [0.4, 0.5) is 0 Å². The third kappa shape index (κ3) is 4.53. The number of aromatic nitrogens is 1. The van der Waals surface area contributed by atoms with Gasteiger partial charge >= 0.3 is 0 Å². The summed E-state index contributed by atoms with van der Waals surface area (Å²) in [6, 6.07) is 0.694. The van der Waals surface area contributed by atoms with Crippen molar-refractivity contribution >= 4 is 11.3 Å². The second-order valence-corrected chi connectivity index (χ2v) is 8.53. The monoisotopic (exact) mass is 308 g/mol. The first kappa shape index (κ1) is 17.0. The van der Waals surface area contributed by atoms with Crippen molar-refractivity contribution in [2.45, 2.75) is 78.2 Å². The maximum atomic E-state index is 4.91. The topological polar surface area (TPSA) is 24.9 Å². The molecule has 0 aromatic carbocycles. The van der Waals surface area contributed by atoms with E-state index in [0.717, 1.165) is 24.8 Å². The summed E-state index contributed by atoms with van der Waals surface area (Å²) in [6.07, 6.45) is 6.61. The van der Waals surface area contributed by atoms with Gasteiger partial charge in [-0.1, -0.05) is 41.0 Å². The highest BCUT2D eigenvalue weighted by Crippen LogP contribution is 2.34. The summed E-state index contributed by atoms with van der Waals surface area (Å²) < 4.78 is 0. The third-order valence-electron chi connectivity index (χ3n) is 4.89. The first-order valence-electron chi connectivity index (χ1n) is 8.62. The number of nitrogens with zero attached hydrogens (tertiary/aromatic N) is 1. The van der Waals surface area contributed by atoms with Crippen molar-refractivity contribution in [3.05, 3.63) is 16.1 Å². The van der Waals surface area contributed by atoms with Gasteiger partial charge in [0.15, 0.2) is 0 Å². The molecular formula is C18H32N2S. The predicted molar refractivity (Wildman–Crippen MR) is 93.1 cm³/mol. The molecule has 1 fully saturated rings. The van der Waals surface area contributed by atoms with Gasteiger partial charge in [-0.3, -0.25) is 0 Å². The quantitative estimate of drug-likeness (QED) is 0.846. The molecule has 0 spiro atoms. The average Bonchev–Trinajstić information content (AvgIpc) is 2.89. The standard InChI is InChI=1S/C18H32N2S/c1-6-13-8-9-15(19-7-2)14(10-13)11-17-20-16(12-21-17)18(3,4)5/h12-15,19H,6-11H2,1-5H3. The highest BCUT2D eigenvalue weighted by molar-refractivity contribution is 7.09. The van der Waals surface area contributed by atoms with Crippen molar-refractivity contribution in [1.82, 2.24) is 10.3 Å². The Balaban J connectivity index is 2.05. The molecule has 0 bridgehead atoms. The van der Waals surface area contributed by atoms with Crippen LogP contribution in [-0.2, 0) is 11.8 Å². The van der Waals surface area contributed by atoms with Crippen molar-refractivity contribution in [1.29, 1.82) is 0 Å². The average molecular weight is 309 g/mol. The van der Waals surface area contributed by atoms with Gasteiger partial charge in [0.2, 0.25) is 0 Å². The van der Waals surface area contributed by atoms with Crippen LogP contribution in [0.5, 0.6) is 0 Å². The maximum Gasteiger partial charge on any atom is 0.0931 e. The van der Waals surface area contributed by atoms with Crippen molar-refractivity contribution < 1.29 is 0 Å². The van der Waals surface area contributed by atoms with Gasteiger partial charge in [-0.25, -0.2) is 4.98 Å². The molecule has 3 heteroatoms. The SMILES string of the molecule is CCNC1CCC(CC)CC1Cc1nc(C(C)(C)C)cs1. The molecule has 1 N–H and O–H groups in total. The summed E-state index contributed by atoms with van der Waals surface area (Å²) in [5.41, 5.74) is 1.43. The zero-order chi connectivity index (χ0) is 15.5. The minimum absolute atomic E-state index is 0.175. The summed E-state index contributed by atoms with van der Waals surface area (Å²) in [4.78, 5) is 4.91. The minimum atomic E-state index is 0.175. The lowest BCUT2D eigenvalue weighted by Gasteiger charge is -2.36. The van der Waals surface area contributed by atoms with Crippen LogP contribution in [-0.4, -0.2) is 17.6 Å². The van der Waals surface area contributed by atoms with Gasteiger partial charge in [0, 0.05) is 23.3 Å². The lowest BCUT2D eigenvalue weighted by atomic mass is 9.75. The molecule has 120 valence electrons. The largest absolute Gasteiger partial charge is 0.314 e. The van der Waals surface area contributed by atoms with E-state index in [1.54, 1.807) is 0 Å². The van der Waals surface area contributed by atoms with Crippen LogP contribution in [0.25, 0.3) is 0 Å². The van der Waals surface area contributed by atoms with Gasteiger partial charge in [-0.2, -0.15) is 0 Å². The highest BCUT2D eigenvalue weighted by atomic mass is 32.1. The van der Waals surface area contributed by atoms with Crippen LogP contribution in [0.2, 0.25) is 0 Å². The van der Waals surface area contributed by atoms with Crippen molar-refractivity contribution in [3.8, 4) is 0 Å².